The molecule has 6 nitrogen and oxygen atoms in total. The van der Waals surface area contributed by atoms with E-state index in [-0.39, 0.29) is 6.04 Å². The number of aromatic nitrogens is 1. The average Bonchev–Trinajstić information content (AvgIpc) is 3.11. The minimum absolute atomic E-state index is 0.218. The Morgan fingerprint density at radius 2 is 1.81 bits per heavy atom. The first-order valence-electron chi connectivity index (χ1n) is 8.65. The first kappa shape index (κ1) is 18.5. The van der Waals surface area contributed by atoms with E-state index in [0.717, 1.165) is 16.5 Å². The minimum Gasteiger partial charge on any atom is -0.493 e. The number of fused-ring (bicyclic) bond motifs is 1. The topological polar surface area (TPSA) is 80.4 Å². The Morgan fingerprint density at radius 1 is 1.07 bits per heavy atom. The van der Waals surface area contributed by atoms with Gasteiger partial charge in [0.25, 0.3) is 11.7 Å². The molecule has 1 unspecified atom stereocenters. The lowest BCUT2D eigenvalue weighted by atomic mass is 10.1. The largest absolute Gasteiger partial charge is 0.493 e. The number of Topliss-reactive ketones (excluding diaryl/α,β-unsaturated/α-hetero) is 1. The fourth-order valence-corrected chi connectivity index (χ4v) is 3.08. The number of aromatic amines is 1. The molecule has 0 saturated heterocycles. The van der Waals surface area contributed by atoms with Crippen LogP contribution >= 0.6 is 0 Å². The molecule has 1 heterocycles. The summed E-state index contributed by atoms with van der Waals surface area (Å²) in [6.07, 6.45) is 2.14. The number of carbonyl (C=O) groups excluding carboxylic acids is 2. The molecule has 0 aliphatic heterocycles. The van der Waals surface area contributed by atoms with Gasteiger partial charge >= 0.3 is 0 Å². The molecule has 2 N–H and O–H groups in total. The normalized spacial score (nSPS) is 11.8. The molecule has 0 fully saturated rings. The third-order valence-electron chi connectivity index (χ3n) is 4.41. The molecular weight excluding hydrogens is 344 g/mol. The molecular formula is C21H22N2O4. The summed E-state index contributed by atoms with van der Waals surface area (Å²) in [7, 11) is 3.16. The Kier molecular flexibility index (Phi) is 5.45. The fourth-order valence-electron chi connectivity index (χ4n) is 3.08. The van der Waals surface area contributed by atoms with Gasteiger partial charge in [-0.15, -0.1) is 0 Å². The number of rotatable bonds is 7. The van der Waals surface area contributed by atoms with E-state index in [4.69, 9.17) is 9.47 Å². The summed E-state index contributed by atoms with van der Waals surface area (Å²) in [5, 5.41) is 3.51. The van der Waals surface area contributed by atoms with Crippen molar-refractivity contribution in [1.82, 2.24) is 10.3 Å². The van der Waals surface area contributed by atoms with Gasteiger partial charge in [0, 0.05) is 23.1 Å². The number of nitrogens with one attached hydrogen (secondary N) is 2. The summed E-state index contributed by atoms with van der Waals surface area (Å²) >= 11 is 0. The van der Waals surface area contributed by atoms with Gasteiger partial charge in [0.15, 0.2) is 11.5 Å². The summed E-state index contributed by atoms with van der Waals surface area (Å²) in [4.78, 5) is 27.9. The van der Waals surface area contributed by atoms with E-state index in [1.807, 2.05) is 49.4 Å². The van der Waals surface area contributed by atoms with E-state index in [0.29, 0.717) is 23.5 Å². The van der Waals surface area contributed by atoms with Crippen LogP contribution in [0.1, 0.15) is 22.8 Å². The predicted molar refractivity (Wildman–Crippen MR) is 103 cm³/mol. The highest BCUT2D eigenvalue weighted by Gasteiger charge is 2.21. The highest BCUT2D eigenvalue weighted by Crippen LogP contribution is 2.28. The van der Waals surface area contributed by atoms with E-state index in [9.17, 15) is 9.59 Å². The van der Waals surface area contributed by atoms with Crippen LogP contribution in [0.15, 0.2) is 48.7 Å². The molecule has 0 bridgehead atoms. The van der Waals surface area contributed by atoms with Crippen LogP contribution in [-0.4, -0.2) is 36.9 Å². The zero-order valence-electron chi connectivity index (χ0n) is 15.5. The summed E-state index contributed by atoms with van der Waals surface area (Å²) in [6, 6.07) is 12.8. The Hall–Kier alpha value is -3.28. The zero-order valence-corrected chi connectivity index (χ0v) is 15.5. The lowest BCUT2D eigenvalue weighted by Gasteiger charge is -2.15. The minimum atomic E-state index is -0.618. The third-order valence-corrected chi connectivity index (χ3v) is 4.41. The lowest BCUT2D eigenvalue weighted by molar-refractivity contribution is -0.117. The summed E-state index contributed by atoms with van der Waals surface area (Å²) < 4.78 is 10.5. The molecule has 0 spiro atoms. The molecule has 1 atom stereocenters. The molecule has 27 heavy (non-hydrogen) atoms. The first-order valence-corrected chi connectivity index (χ1v) is 8.65. The van der Waals surface area contributed by atoms with Crippen molar-refractivity contribution >= 4 is 22.6 Å². The molecule has 6 heteroatoms. The van der Waals surface area contributed by atoms with Crippen LogP contribution in [0.5, 0.6) is 11.5 Å². The van der Waals surface area contributed by atoms with Crippen LogP contribution in [-0.2, 0) is 11.2 Å². The molecule has 0 aliphatic carbocycles. The molecule has 1 aromatic heterocycles. The average molecular weight is 366 g/mol. The van der Waals surface area contributed by atoms with Gasteiger partial charge in [0.1, 0.15) is 0 Å². The van der Waals surface area contributed by atoms with Crippen molar-refractivity contribution in [2.75, 3.05) is 14.2 Å². The Morgan fingerprint density at radius 3 is 2.56 bits per heavy atom. The maximum absolute atomic E-state index is 12.5. The van der Waals surface area contributed by atoms with Gasteiger partial charge in [-0.1, -0.05) is 24.3 Å². The highest BCUT2D eigenvalue weighted by molar-refractivity contribution is 6.45. The molecule has 0 aliphatic rings. The zero-order chi connectivity index (χ0) is 19.4. The standard InChI is InChI=1S/C21H22N2O4/c1-13(10-14-8-9-18(26-2)19(11-14)27-3)23-21(25)20(24)16-12-22-17-7-5-4-6-15(16)17/h4-9,11-13,22H,10H2,1-3H3,(H,23,25). The van der Waals surface area contributed by atoms with Crippen molar-refractivity contribution in [2.24, 2.45) is 0 Å². The summed E-state index contributed by atoms with van der Waals surface area (Å²) in [6.45, 7) is 1.86. The SMILES string of the molecule is COc1ccc(CC(C)NC(=O)C(=O)c2c[nH]c3ccccc23)cc1OC. The van der Waals surface area contributed by atoms with Crippen LogP contribution in [0.4, 0.5) is 0 Å². The number of ketones is 1. The maximum Gasteiger partial charge on any atom is 0.292 e. The molecule has 3 rings (SSSR count). The van der Waals surface area contributed by atoms with Crippen LogP contribution in [0.3, 0.4) is 0 Å². The second-order valence-electron chi connectivity index (χ2n) is 6.35. The van der Waals surface area contributed by atoms with Crippen molar-refractivity contribution in [2.45, 2.75) is 19.4 Å². The number of H-pyrrole nitrogens is 1. The van der Waals surface area contributed by atoms with Crippen LogP contribution in [0.2, 0.25) is 0 Å². The van der Waals surface area contributed by atoms with Crippen LogP contribution in [0, 0.1) is 0 Å². The van der Waals surface area contributed by atoms with E-state index >= 15 is 0 Å². The number of amides is 1. The Balaban J connectivity index is 1.68. The van der Waals surface area contributed by atoms with Crippen LogP contribution in [0.25, 0.3) is 10.9 Å². The van der Waals surface area contributed by atoms with Gasteiger partial charge in [-0.3, -0.25) is 9.59 Å². The maximum atomic E-state index is 12.5. The quantitative estimate of drug-likeness (QED) is 0.497. The van der Waals surface area contributed by atoms with Gasteiger partial charge in [-0.2, -0.15) is 0 Å². The first-order chi connectivity index (χ1) is 13.0. The lowest BCUT2D eigenvalue weighted by Crippen LogP contribution is -2.38. The monoisotopic (exact) mass is 366 g/mol. The van der Waals surface area contributed by atoms with Crippen LogP contribution < -0.4 is 14.8 Å². The molecule has 140 valence electrons. The number of benzene rings is 2. The number of ether oxygens (including phenoxy) is 2. The number of methoxy groups -OCH3 is 2. The molecule has 3 aromatic rings. The van der Waals surface area contributed by atoms with Crippen molar-refractivity contribution in [3.63, 3.8) is 0 Å². The second-order valence-corrected chi connectivity index (χ2v) is 6.35. The van der Waals surface area contributed by atoms with Crippen molar-refractivity contribution in [1.29, 1.82) is 0 Å². The summed E-state index contributed by atoms with van der Waals surface area (Å²) in [5.74, 6) is 0.107. The molecule has 0 radical (unpaired) electrons. The smallest absolute Gasteiger partial charge is 0.292 e. The van der Waals surface area contributed by atoms with E-state index in [1.54, 1.807) is 20.4 Å². The van der Waals surface area contributed by atoms with E-state index < -0.39 is 11.7 Å². The number of carbonyl (C=O) groups is 2. The number of para-hydroxylation sites is 1. The van der Waals surface area contributed by atoms with Crippen molar-refractivity contribution in [3.05, 3.63) is 59.8 Å². The van der Waals surface area contributed by atoms with Gasteiger partial charge in [-0.25, -0.2) is 0 Å². The van der Waals surface area contributed by atoms with Gasteiger partial charge in [0.2, 0.25) is 0 Å². The van der Waals surface area contributed by atoms with Gasteiger partial charge < -0.3 is 19.8 Å². The highest BCUT2D eigenvalue weighted by atomic mass is 16.5. The second kappa shape index (κ2) is 7.95. The van der Waals surface area contributed by atoms with Crippen molar-refractivity contribution < 1.29 is 19.1 Å². The van der Waals surface area contributed by atoms with Gasteiger partial charge in [0.05, 0.1) is 19.8 Å². The third kappa shape index (κ3) is 3.95. The predicted octanol–water partition coefficient (Wildman–Crippen LogP) is 3.12. The van der Waals surface area contributed by atoms with E-state index in [1.165, 1.54) is 0 Å². The number of hydrogen-bond donors (Lipinski definition) is 2. The molecule has 0 saturated carbocycles. The van der Waals surface area contributed by atoms with E-state index in [2.05, 4.69) is 10.3 Å². The molecule has 2 aromatic carbocycles. The number of hydrogen-bond acceptors (Lipinski definition) is 4. The molecule has 1 amide bonds. The summed E-state index contributed by atoms with van der Waals surface area (Å²) in [5.41, 5.74) is 2.17. The Labute approximate surface area is 157 Å². The van der Waals surface area contributed by atoms with Crippen molar-refractivity contribution in [3.8, 4) is 11.5 Å². The fraction of sp³-hybridized carbons (Fsp3) is 0.238. The van der Waals surface area contributed by atoms with Gasteiger partial charge in [-0.05, 0) is 37.1 Å². The Bertz CT molecular complexity index is 977.